The van der Waals surface area contributed by atoms with Gasteiger partial charge in [0.25, 0.3) is 5.91 Å². The number of carbonyl (C=O) groups is 1. The zero-order valence-corrected chi connectivity index (χ0v) is 9.94. The summed E-state index contributed by atoms with van der Waals surface area (Å²) >= 11 is 0. The first-order valence-electron chi connectivity index (χ1n) is 5.81. The SMILES string of the molecule is BC1CCN(C(=O)c2ccc(C(=N)N)cc2)C1. The van der Waals surface area contributed by atoms with Crippen LogP contribution >= 0.6 is 0 Å². The van der Waals surface area contributed by atoms with Gasteiger partial charge in [-0.3, -0.25) is 10.2 Å². The molecule has 1 saturated heterocycles. The standard InChI is InChI=1S/C12H16BN3O/c13-10-5-6-16(7-10)12(17)9-3-1-8(2-4-9)11(14)15/h1-4,10H,5-7,13H2,(H3,14,15). The Morgan fingerprint density at radius 2 is 1.94 bits per heavy atom. The molecule has 17 heavy (non-hydrogen) atoms. The molecule has 0 aliphatic carbocycles. The highest BCUT2D eigenvalue weighted by Gasteiger charge is 2.23. The lowest BCUT2D eigenvalue weighted by molar-refractivity contribution is 0.0793. The molecule has 0 saturated carbocycles. The third-order valence-corrected chi connectivity index (χ3v) is 3.15. The number of likely N-dealkylation sites (tertiary alicyclic amines) is 1. The zero-order chi connectivity index (χ0) is 12.4. The van der Waals surface area contributed by atoms with Crippen molar-refractivity contribution in [3.8, 4) is 0 Å². The minimum Gasteiger partial charge on any atom is -0.384 e. The molecule has 3 N–H and O–H groups in total. The van der Waals surface area contributed by atoms with Gasteiger partial charge in [0.2, 0.25) is 0 Å². The van der Waals surface area contributed by atoms with Crippen molar-refractivity contribution in [2.24, 2.45) is 5.73 Å². The van der Waals surface area contributed by atoms with Gasteiger partial charge < -0.3 is 10.6 Å². The number of nitrogens with zero attached hydrogens (tertiary/aromatic N) is 1. The summed E-state index contributed by atoms with van der Waals surface area (Å²) in [6.45, 7) is 1.68. The molecule has 2 rings (SSSR count). The first-order valence-corrected chi connectivity index (χ1v) is 5.81. The summed E-state index contributed by atoms with van der Waals surface area (Å²) in [4.78, 5) is 14.0. The summed E-state index contributed by atoms with van der Waals surface area (Å²) in [6, 6.07) is 6.91. The molecule has 0 spiro atoms. The van der Waals surface area contributed by atoms with E-state index in [0.717, 1.165) is 19.5 Å². The maximum Gasteiger partial charge on any atom is 0.253 e. The molecule has 1 aliphatic rings. The fourth-order valence-electron chi connectivity index (χ4n) is 2.09. The smallest absolute Gasteiger partial charge is 0.253 e. The Hall–Kier alpha value is -1.78. The van der Waals surface area contributed by atoms with Gasteiger partial charge in [-0.2, -0.15) is 0 Å². The van der Waals surface area contributed by atoms with E-state index < -0.39 is 0 Å². The molecule has 1 aromatic rings. The molecule has 4 nitrogen and oxygen atoms in total. The summed E-state index contributed by atoms with van der Waals surface area (Å²) in [5.74, 6) is 0.693. The summed E-state index contributed by atoms with van der Waals surface area (Å²) in [5.41, 5.74) is 6.69. The van der Waals surface area contributed by atoms with Crippen LogP contribution in [0.15, 0.2) is 24.3 Å². The molecule has 5 heteroatoms. The average Bonchev–Trinajstić information content (AvgIpc) is 2.75. The Balaban J connectivity index is 2.12. The minimum atomic E-state index is 0.0267. The van der Waals surface area contributed by atoms with Crippen molar-refractivity contribution in [3.63, 3.8) is 0 Å². The molecular formula is C12H16BN3O. The highest BCUT2D eigenvalue weighted by molar-refractivity contribution is 6.12. The van der Waals surface area contributed by atoms with Gasteiger partial charge >= 0.3 is 0 Å². The molecule has 1 fully saturated rings. The van der Waals surface area contributed by atoms with Crippen LogP contribution in [0.5, 0.6) is 0 Å². The normalized spacial score (nSPS) is 19.3. The van der Waals surface area contributed by atoms with Crippen LogP contribution in [0.4, 0.5) is 0 Å². The van der Waals surface area contributed by atoms with E-state index >= 15 is 0 Å². The molecule has 0 aromatic heterocycles. The number of nitrogens with two attached hydrogens (primary N) is 1. The second-order valence-electron chi connectivity index (χ2n) is 4.64. The lowest BCUT2D eigenvalue weighted by Crippen LogP contribution is -2.28. The zero-order valence-electron chi connectivity index (χ0n) is 9.94. The monoisotopic (exact) mass is 229 g/mol. The number of nitrogen functional groups attached to an aromatic ring is 1. The molecule has 1 heterocycles. The van der Waals surface area contributed by atoms with Crippen LogP contribution in [0.3, 0.4) is 0 Å². The first kappa shape index (κ1) is 11.7. The van der Waals surface area contributed by atoms with E-state index in [1.54, 1.807) is 24.3 Å². The van der Waals surface area contributed by atoms with E-state index in [2.05, 4.69) is 7.85 Å². The van der Waals surface area contributed by atoms with Gasteiger partial charge in [-0.15, -0.1) is 0 Å². The van der Waals surface area contributed by atoms with Crippen LogP contribution in [0.25, 0.3) is 0 Å². The third kappa shape index (κ3) is 2.49. The van der Waals surface area contributed by atoms with Crippen molar-refractivity contribution in [2.45, 2.75) is 12.2 Å². The van der Waals surface area contributed by atoms with E-state index in [0.29, 0.717) is 16.9 Å². The number of amidine groups is 1. The van der Waals surface area contributed by atoms with E-state index in [1.807, 2.05) is 4.90 Å². The van der Waals surface area contributed by atoms with E-state index in [1.165, 1.54) is 0 Å². The Morgan fingerprint density at radius 3 is 2.41 bits per heavy atom. The number of rotatable bonds is 2. The molecular weight excluding hydrogens is 213 g/mol. The highest BCUT2D eigenvalue weighted by atomic mass is 16.2. The van der Waals surface area contributed by atoms with Crippen molar-refractivity contribution >= 4 is 19.6 Å². The summed E-state index contributed by atoms with van der Waals surface area (Å²) < 4.78 is 0. The molecule has 1 amide bonds. The summed E-state index contributed by atoms with van der Waals surface area (Å²) in [5, 5.41) is 7.29. The van der Waals surface area contributed by atoms with E-state index in [9.17, 15) is 4.79 Å². The second-order valence-corrected chi connectivity index (χ2v) is 4.64. The van der Waals surface area contributed by atoms with Gasteiger partial charge in [-0.05, 0) is 18.6 Å². The van der Waals surface area contributed by atoms with Gasteiger partial charge in [0, 0.05) is 24.2 Å². The number of hydrogen-bond donors (Lipinski definition) is 2. The predicted octanol–water partition coefficient (Wildman–Crippen LogP) is 0.238. The van der Waals surface area contributed by atoms with Gasteiger partial charge in [-0.25, -0.2) is 0 Å². The quantitative estimate of drug-likeness (QED) is 0.433. The van der Waals surface area contributed by atoms with Gasteiger partial charge in [0.1, 0.15) is 13.7 Å². The maximum absolute atomic E-state index is 12.1. The van der Waals surface area contributed by atoms with Gasteiger partial charge in [0.05, 0.1) is 0 Å². The fourth-order valence-corrected chi connectivity index (χ4v) is 2.09. The Kier molecular flexibility index (Phi) is 3.18. The minimum absolute atomic E-state index is 0.0267. The summed E-state index contributed by atoms with van der Waals surface area (Å²) in [7, 11) is 2.16. The van der Waals surface area contributed by atoms with Crippen molar-refractivity contribution in [2.75, 3.05) is 13.1 Å². The largest absolute Gasteiger partial charge is 0.384 e. The molecule has 0 bridgehead atoms. The van der Waals surface area contributed by atoms with E-state index in [4.69, 9.17) is 11.1 Å². The topological polar surface area (TPSA) is 70.2 Å². The number of benzene rings is 1. The van der Waals surface area contributed by atoms with Crippen molar-refractivity contribution in [3.05, 3.63) is 35.4 Å². The van der Waals surface area contributed by atoms with Crippen LogP contribution in [0.2, 0.25) is 5.82 Å². The second kappa shape index (κ2) is 4.61. The molecule has 1 aliphatic heterocycles. The Morgan fingerprint density at radius 1 is 1.35 bits per heavy atom. The number of hydrogen-bond acceptors (Lipinski definition) is 2. The Labute approximate surface area is 102 Å². The van der Waals surface area contributed by atoms with Crippen LogP contribution < -0.4 is 5.73 Å². The number of amides is 1. The number of nitrogens with one attached hydrogen (secondary N) is 1. The fraction of sp³-hybridized carbons (Fsp3) is 0.333. The van der Waals surface area contributed by atoms with E-state index in [-0.39, 0.29) is 11.7 Å². The molecule has 1 atom stereocenters. The van der Waals surface area contributed by atoms with Crippen molar-refractivity contribution < 1.29 is 4.79 Å². The Bertz CT molecular complexity index is 444. The van der Waals surface area contributed by atoms with Crippen molar-refractivity contribution in [1.82, 2.24) is 4.90 Å². The third-order valence-electron chi connectivity index (χ3n) is 3.15. The van der Waals surface area contributed by atoms with Crippen LogP contribution in [0, 0.1) is 5.41 Å². The molecule has 0 radical (unpaired) electrons. The predicted molar refractivity (Wildman–Crippen MR) is 70.3 cm³/mol. The lowest BCUT2D eigenvalue weighted by atomic mass is 9.87. The van der Waals surface area contributed by atoms with Crippen LogP contribution in [-0.2, 0) is 0 Å². The highest BCUT2D eigenvalue weighted by Crippen LogP contribution is 2.20. The number of carbonyl (C=O) groups excluding carboxylic acids is 1. The first-order chi connectivity index (χ1) is 8.08. The maximum atomic E-state index is 12.1. The van der Waals surface area contributed by atoms with Crippen molar-refractivity contribution in [1.29, 1.82) is 5.41 Å². The van der Waals surface area contributed by atoms with Gasteiger partial charge in [-0.1, -0.05) is 17.9 Å². The molecule has 1 aromatic carbocycles. The average molecular weight is 229 g/mol. The molecule has 1 unspecified atom stereocenters. The summed E-state index contributed by atoms with van der Waals surface area (Å²) in [6.07, 6.45) is 1.08. The van der Waals surface area contributed by atoms with Crippen LogP contribution in [0.1, 0.15) is 22.3 Å². The molecule has 88 valence electrons. The lowest BCUT2D eigenvalue weighted by Gasteiger charge is -2.16. The van der Waals surface area contributed by atoms with Gasteiger partial charge in [0.15, 0.2) is 0 Å². The van der Waals surface area contributed by atoms with Crippen LogP contribution in [-0.4, -0.2) is 37.6 Å².